The Morgan fingerprint density at radius 2 is 1.76 bits per heavy atom. The van der Waals surface area contributed by atoms with Gasteiger partial charge in [-0.05, 0) is 31.0 Å². The predicted octanol–water partition coefficient (Wildman–Crippen LogP) is 4.23. The second-order valence-corrected chi connectivity index (χ2v) is 6.00. The molecule has 2 heterocycles. The monoisotopic (exact) mass is 364 g/mol. The van der Waals surface area contributed by atoms with E-state index in [0.29, 0.717) is 25.5 Å². The van der Waals surface area contributed by atoms with E-state index >= 15 is 0 Å². The van der Waals surface area contributed by atoms with E-state index in [0.717, 1.165) is 18.2 Å². The van der Waals surface area contributed by atoms with Crippen molar-refractivity contribution in [3.8, 4) is 0 Å². The van der Waals surface area contributed by atoms with E-state index in [-0.39, 0.29) is 23.1 Å². The number of aliphatic hydroxyl groups excluding tert-OH is 1. The first-order chi connectivity index (χ1) is 11.6. The SMILES string of the molecule is OC1CCCN(c2cc(C(F)(F)F)nc3cc(C(F)(F)F)ccc23)C1. The largest absolute Gasteiger partial charge is 0.433 e. The lowest BCUT2D eigenvalue weighted by Gasteiger charge is -2.33. The number of β-amino-alcohol motifs (C(OH)–C–C–N with tert-alkyl or cyclic N) is 1. The Hall–Kier alpha value is -2.03. The maximum atomic E-state index is 13.1. The Kier molecular flexibility index (Phi) is 4.30. The van der Waals surface area contributed by atoms with Gasteiger partial charge in [0.1, 0.15) is 5.69 Å². The number of rotatable bonds is 1. The molecule has 1 aromatic heterocycles. The molecule has 0 spiro atoms. The van der Waals surface area contributed by atoms with E-state index in [1.165, 1.54) is 0 Å². The highest BCUT2D eigenvalue weighted by Gasteiger charge is 2.35. The fourth-order valence-electron chi connectivity index (χ4n) is 2.97. The summed E-state index contributed by atoms with van der Waals surface area (Å²) < 4.78 is 78.0. The van der Waals surface area contributed by atoms with Gasteiger partial charge in [-0.2, -0.15) is 26.3 Å². The number of benzene rings is 1. The number of hydrogen-bond acceptors (Lipinski definition) is 3. The van der Waals surface area contributed by atoms with Crippen molar-refractivity contribution in [3.63, 3.8) is 0 Å². The van der Waals surface area contributed by atoms with Crippen LogP contribution in [0.4, 0.5) is 32.0 Å². The lowest BCUT2D eigenvalue weighted by Crippen LogP contribution is -2.38. The smallest absolute Gasteiger partial charge is 0.391 e. The first-order valence-corrected chi connectivity index (χ1v) is 7.58. The van der Waals surface area contributed by atoms with Crippen molar-refractivity contribution in [2.45, 2.75) is 31.3 Å². The number of aromatic nitrogens is 1. The van der Waals surface area contributed by atoms with Crippen molar-refractivity contribution in [1.29, 1.82) is 0 Å². The van der Waals surface area contributed by atoms with E-state index in [1.54, 1.807) is 4.90 Å². The third kappa shape index (κ3) is 3.65. The number of anilines is 1. The highest BCUT2D eigenvalue weighted by molar-refractivity contribution is 5.92. The highest BCUT2D eigenvalue weighted by Crippen LogP contribution is 2.38. The molecule has 3 rings (SSSR count). The molecular formula is C16H14F6N2O. The zero-order valence-corrected chi connectivity index (χ0v) is 12.8. The molecule has 9 heteroatoms. The van der Waals surface area contributed by atoms with Crippen molar-refractivity contribution < 1.29 is 31.4 Å². The summed E-state index contributed by atoms with van der Waals surface area (Å²) in [6.07, 6.45) is -9.05. The third-order valence-electron chi connectivity index (χ3n) is 4.14. The van der Waals surface area contributed by atoms with Crippen LogP contribution in [0.15, 0.2) is 24.3 Å². The second-order valence-electron chi connectivity index (χ2n) is 6.00. The molecule has 1 fully saturated rings. The quantitative estimate of drug-likeness (QED) is 0.770. The minimum atomic E-state index is -4.79. The molecule has 1 N–H and O–H groups in total. The lowest BCUT2D eigenvalue weighted by atomic mass is 10.0. The molecule has 1 aliphatic rings. The van der Waals surface area contributed by atoms with Gasteiger partial charge in [0.15, 0.2) is 0 Å². The Bertz CT molecular complexity index is 781. The molecule has 0 aliphatic carbocycles. The van der Waals surface area contributed by atoms with Gasteiger partial charge in [0.2, 0.25) is 0 Å². The Balaban J connectivity index is 2.19. The number of alkyl halides is 6. The number of aliphatic hydroxyl groups is 1. The second kappa shape index (κ2) is 6.05. The Morgan fingerprint density at radius 1 is 1.04 bits per heavy atom. The van der Waals surface area contributed by atoms with Crippen molar-refractivity contribution in [2.75, 3.05) is 18.0 Å². The molecule has 0 bridgehead atoms. The average molecular weight is 364 g/mol. The molecule has 136 valence electrons. The zero-order valence-electron chi connectivity index (χ0n) is 12.8. The molecule has 25 heavy (non-hydrogen) atoms. The van der Waals surface area contributed by atoms with Crippen LogP contribution in [0, 0.1) is 0 Å². The van der Waals surface area contributed by atoms with Crippen LogP contribution in [0.25, 0.3) is 10.9 Å². The van der Waals surface area contributed by atoms with E-state index in [2.05, 4.69) is 4.98 Å². The number of fused-ring (bicyclic) bond motifs is 1. The molecule has 0 amide bonds. The van der Waals surface area contributed by atoms with Crippen LogP contribution in [0.1, 0.15) is 24.1 Å². The molecule has 3 nitrogen and oxygen atoms in total. The van der Waals surface area contributed by atoms with Crippen LogP contribution in [0.3, 0.4) is 0 Å². The number of piperidine rings is 1. The minimum Gasteiger partial charge on any atom is -0.391 e. The van der Waals surface area contributed by atoms with E-state index in [4.69, 9.17) is 0 Å². The molecule has 1 atom stereocenters. The lowest BCUT2D eigenvalue weighted by molar-refractivity contribution is -0.140. The Morgan fingerprint density at radius 3 is 2.36 bits per heavy atom. The predicted molar refractivity (Wildman–Crippen MR) is 79.2 cm³/mol. The van der Waals surface area contributed by atoms with Gasteiger partial charge >= 0.3 is 12.4 Å². The molecular weight excluding hydrogens is 350 g/mol. The summed E-state index contributed by atoms with van der Waals surface area (Å²) in [6, 6.07) is 3.39. The minimum absolute atomic E-state index is 0.122. The maximum Gasteiger partial charge on any atom is 0.433 e. The number of halogens is 6. The van der Waals surface area contributed by atoms with Crippen LogP contribution in [0.5, 0.6) is 0 Å². The van der Waals surface area contributed by atoms with Gasteiger partial charge in [-0.3, -0.25) is 0 Å². The number of nitrogens with zero attached hydrogens (tertiary/aromatic N) is 2. The molecule has 2 aromatic rings. The Labute approximate surface area is 138 Å². The van der Waals surface area contributed by atoms with Gasteiger partial charge in [-0.25, -0.2) is 4.98 Å². The van der Waals surface area contributed by atoms with Gasteiger partial charge in [-0.15, -0.1) is 0 Å². The molecule has 0 radical (unpaired) electrons. The fraction of sp³-hybridized carbons (Fsp3) is 0.438. The molecule has 1 unspecified atom stereocenters. The van der Waals surface area contributed by atoms with Gasteiger partial charge in [-0.1, -0.05) is 6.07 Å². The average Bonchev–Trinajstić information content (AvgIpc) is 2.51. The number of pyridine rings is 1. The first kappa shape index (κ1) is 17.8. The molecule has 1 aromatic carbocycles. The van der Waals surface area contributed by atoms with E-state index in [1.807, 2.05) is 0 Å². The summed E-state index contributed by atoms with van der Waals surface area (Å²) >= 11 is 0. The van der Waals surface area contributed by atoms with Crippen LogP contribution >= 0.6 is 0 Å². The van der Waals surface area contributed by atoms with Crippen molar-refractivity contribution in [3.05, 3.63) is 35.5 Å². The van der Waals surface area contributed by atoms with Crippen LogP contribution in [-0.4, -0.2) is 29.3 Å². The summed E-state index contributed by atoms with van der Waals surface area (Å²) in [5.41, 5.74) is -2.56. The van der Waals surface area contributed by atoms with Gasteiger partial charge in [0, 0.05) is 24.2 Å². The van der Waals surface area contributed by atoms with Gasteiger partial charge in [0.05, 0.1) is 17.2 Å². The van der Waals surface area contributed by atoms with Crippen molar-refractivity contribution in [1.82, 2.24) is 4.98 Å². The summed E-state index contributed by atoms with van der Waals surface area (Å²) in [5.74, 6) is 0. The summed E-state index contributed by atoms with van der Waals surface area (Å²) in [6.45, 7) is 0.534. The van der Waals surface area contributed by atoms with Gasteiger partial charge in [0.25, 0.3) is 0 Å². The van der Waals surface area contributed by atoms with E-state index in [9.17, 15) is 31.4 Å². The molecule has 1 saturated heterocycles. The van der Waals surface area contributed by atoms with Crippen molar-refractivity contribution in [2.24, 2.45) is 0 Å². The van der Waals surface area contributed by atoms with Crippen LogP contribution < -0.4 is 4.90 Å². The van der Waals surface area contributed by atoms with Crippen LogP contribution in [0.2, 0.25) is 0 Å². The van der Waals surface area contributed by atoms with Crippen molar-refractivity contribution >= 4 is 16.6 Å². The molecule has 1 aliphatic heterocycles. The summed E-state index contributed by atoms with van der Waals surface area (Å²) in [5, 5.41) is 9.95. The maximum absolute atomic E-state index is 13.1. The summed E-state index contributed by atoms with van der Waals surface area (Å²) in [4.78, 5) is 4.94. The summed E-state index contributed by atoms with van der Waals surface area (Å²) in [7, 11) is 0. The molecule has 0 saturated carbocycles. The normalized spacial score (nSPS) is 19.5. The topological polar surface area (TPSA) is 36.4 Å². The zero-order chi connectivity index (χ0) is 18.4. The fourth-order valence-corrected chi connectivity index (χ4v) is 2.97. The van der Waals surface area contributed by atoms with Crippen LogP contribution in [-0.2, 0) is 12.4 Å². The third-order valence-corrected chi connectivity index (χ3v) is 4.14. The first-order valence-electron chi connectivity index (χ1n) is 7.58. The van der Waals surface area contributed by atoms with Gasteiger partial charge < -0.3 is 10.0 Å². The van der Waals surface area contributed by atoms with E-state index < -0.39 is 29.7 Å². The number of hydrogen-bond donors (Lipinski definition) is 1. The highest BCUT2D eigenvalue weighted by atomic mass is 19.4. The standard InChI is InChI=1S/C16H14F6N2O/c17-15(18,19)9-3-4-11-12(6-9)23-14(16(20,21)22)7-13(11)24-5-1-2-10(25)8-24/h3-4,6-7,10,25H,1-2,5,8H2.